The van der Waals surface area contributed by atoms with Crippen molar-refractivity contribution in [1.82, 2.24) is 29.8 Å². The largest absolute Gasteiger partial charge is 0.484 e. The number of nitrogens with one attached hydrogen (secondary N) is 2. The van der Waals surface area contributed by atoms with Crippen LogP contribution in [-0.2, 0) is 0 Å². The van der Waals surface area contributed by atoms with E-state index in [9.17, 15) is 9.59 Å². The maximum absolute atomic E-state index is 13.3. The molecule has 2 aliphatic heterocycles. The van der Waals surface area contributed by atoms with Gasteiger partial charge >= 0.3 is 0 Å². The molecule has 4 aromatic heterocycles. The second-order valence-corrected chi connectivity index (χ2v) is 11.6. The molecule has 0 bridgehead atoms. The monoisotopic (exact) mass is 561 g/mol. The minimum absolute atomic E-state index is 0.163. The van der Waals surface area contributed by atoms with Crippen LogP contribution in [0.3, 0.4) is 0 Å². The highest BCUT2D eigenvalue weighted by molar-refractivity contribution is 7.21. The van der Waals surface area contributed by atoms with E-state index >= 15 is 0 Å². The molecule has 208 valence electrons. The number of carbonyl (C=O) groups excluding carboxylic acids is 2. The summed E-state index contributed by atoms with van der Waals surface area (Å²) in [5.74, 6) is 0.492. The SMILES string of the molecule is Cc1ncc(C(=O)NCCN2CCCC2(C)C)cc1NC(=O)c1cnn2cc(-c3ccnc4c3OCCO4)sc12. The van der Waals surface area contributed by atoms with E-state index in [2.05, 4.69) is 44.4 Å². The molecule has 0 radical (unpaired) electrons. The van der Waals surface area contributed by atoms with E-state index in [0.29, 0.717) is 58.7 Å². The number of aryl methyl sites for hydroxylation is 1. The average Bonchev–Trinajstić information content (AvgIpc) is 3.63. The molecule has 0 aliphatic carbocycles. The minimum atomic E-state index is -0.335. The van der Waals surface area contributed by atoms with Crippen LogP contribution < -0.4 is 20.1 Å². The number of nitrogens with zero attached hydrogens (tertiary/aromatic N) is 5. The van der Waals surface area contributed by atoms with Gasteiger partial charge in [-0.3, -0.25) is 19.5 Å². The fourth-order valence-corrected chi connectivity index (χ4v) is 6.25. The fourth-order valence-electron chi connectivity index (χ4n) is 5.17. The number of pyridine rings is 2. The molecule has 12 heteroatoms. The summed E-state index contributed by atoms with van der Waals surface area (Å²) in [6.45, 7) is 9.56. The number of carbonyl (C=O) groups is 2. The Bertz CT molecular complexity index is 1590. The van der Waals surface area contributed by atoms with Crippen molar-refractivity contribution in [1.29, 1.82) is 0 Å². The van der Waals surface area contributed by atoms with E-state index in [1.165, 1.54) is 30.2 Å². The van der Waals surface area contributed by atoms with Gasteiger partial charge in [0, 0.05) is 42.8 Å². The highest BCUT2D eigenvalue weighted by atomic mass is 32.1. The summed E-state index contributed by atoms with van der Waals surface area (Å²) < 4.78 is 13.1. The first kappa shape index (κ1) is 26.2. The highest BCUT2D eigenvalue weighted by Crippen LogP contribution is 2.41. The molecule has 4 aromatic rings. The van der Waals surface area contributed by atoms with Gasteiger partial charge < -0.3 is 20.1 Å². The highest BCUT2D eigenvalue weighted by Gasteiger charge is 2.31. The number of anilines is 1. The number of ether oxygens (including phenoxy) is 2. The zero-order valence-corrected chi connectivity index (χ0v) is 23.5. The van der Waals surface area contributed by atoms with Gasteiger partial charge in [-0.2, -0.15) is 5.10 Å². The van der Waals surface area contributed by atoms with Crippen LogP contribution in [0.25, 0.3) is 15.3 Å². The summed E-state index contributed by atoms with van der Waals surface area (Å²) in [6.07, 6.45) is 8.93. The molecule has 0 aromatic carbocycles. The molecular weight excluding hydrogens is 530 g/mol. The second-order valence-electron chi connectivity index (χ2n) is 10.6. The smallest absolute Gasteiger partial charge is 0.260 e. The standard InChI is InChI=1S/C28H31N7O4S/c1-17-21(13-18(14-31-17)24(36)29-8-10-34-9-4-6-28(34,2)3)33-25(37)20-15-32-35-16-22(40-27(20)35)19-5-7-30-26-23(19)38-11-12-39-26/h5,7,13-16H,4,6,8-12H2,1-3H3,(H,29,36)(H,33,37). The lowest BCUT2D eigenvalue weighted by atomic mass is 10.0. The molecule has 6 rings (SSSR count). The van der Waals surface area contributed by atoms with Crippen LogP contribution >= 0.6 is 11.3 Å². The number of likely N-dealkylation sites (tertiary alicyclic amines) is 1. The fraction of sp³-hybridized carbons (Fsp3) is 0.393. The normalized spacial score (nSPS) is 16.3. The van der Waals surface area contributed by atoms with Crippen molar-refractivity contribution >= 4 is 33.7 Å². The van der Waals surface area contributed by atoms with Crippen LogP contribution in [0.15, 0.2) is 36.9 Å². The van der Waals surface area contributed by atoms with Gasteiger partial charge in [-0.15, -0.1) is 11.3 Å². The third-order valence-corrected chi connectivity index (χ3v) is 8.63. The zero-order chi connectivity index (χ0) is 27.9. The first-order valence-corrected chi connectivity index (χ1v) is 14.2. The molecule has 2 N–H and O–H groups in total. The van der Waals surface area contributed by atoms with Crippen molar-refractivity contribution in [2.45, 2.75) is 39.2 Å². The number of fused-ring (bicyclic) bond motifs is 2. The van der Waals surface area contributed by atoms with E-state index in [4.69, 9.17) is 9.47 Å². The number of hydrogen-bond acceptors (Lipinski definition) is 9. The predicted octanol–water partition coefficient (Wildman–Crippen LogP) is 3.79. The maximum atomic E-state index is 13.3. The number of aromatic nitrogens is 4. The van der Waals surface area contributed by atoms with Crippen LogP contribution in [-0.4, -0.2) is 74.7 Å². The van der Waals surface area contributed by atoms with Gasteiger partial charge in [-0.25, -0.2) is 9.50 Å². The molecule has 2 aliphatic rings. The van der Waals surface area contributed by atoms with E-state index in [1.807, 2.05) is 12.3 Å². The van der Waals surface area contributed by atoms with Crippen molar-refractivity contribution in [3.63, 3.8) is 0 Å². The first-order valence-electron chi connectivity index (χ1n) is 13.3. The van der Waals surface area contributed by atoms with Gasteiger partial charge in [0.25, 0.3) is 17.7 Å². The molecule has 2 amide bonds. The molecule has 0 saturated carbocycles. The van der Waals surface area contributed by atoms with Gasteiger partial charge in [0.2, 0.25) is 0 Å². The Morgan fingerprint density at radius 2 is 2.00 bits per heavy atom. The Morgan fingerprint density at radius 3 is 2.83 bits per heavy atom. The Kier molecular flexibility index (Phi) is 6.88. The van der Waals surface area contributed by atoms with Gasteiger partial charge in [0.1, 0.15) is 18.0 Å². The molecule has 6 heterocycles. The summed E-state index contributed by atoms with van der Waals surface area (Å²) in [5.41, 5.74) is 2.89. The third-order valence-electron chi connectivity index (χ3n) is 7.48. The van der Waals surface area contributed by atoms with Crippen molar-refractivity contribution in [3.8, 4) is 22.1 Å². The molecule has 0 atom stereocenters. The Hall–Kier alpha value is -4.03. The number of amides is 2. The minimum Gasteiger partial charge on any atom is -0.484 e. The van der Waals surface area contributed by atoms with E-state index in [1.54, 1.807) is 23.7 Å². The molecule has 1 saturated heterocycles. The first-order chi connectivity index (χ1) is 19.3. The van der Waals surface area contributed by atoms with Crippen molar-refractivity contribution < 1.29 is 19.1 Å². The van der Waals surface area contributed by atoms with E-state index < -0.39 is 0 Å². The van der Waals surface area contributed by atoms with Gasteiger partial charge in [-0.1, -0.05) is 0 Å². The third kappa shape index (κ3) is 5.00. The maximum Gasteiger partial charge on any atom is 0.260 e. The van der Waals surface area contributed by atoms with Gasteiger partial charge in [0.05, 0.1) is 33.6 Å². The van der Waals surface area contributed by atoms with Crippen molar-refractivity contribution in [2.75, 3.05) is 38.2 Å². The van der Waals surface area contributed by atoms with Gasteiger partial charge in [-0.05, 0) is 52.3 Å². The number of hydrogen-bond donors (Lipinski definition) is 2. The van der Waals surface area contributed by atoms with Crippen molar-refractivity contribution in [2.24, 2.45) is 0 Å². The zero-order valence-electron chi connectivity index (χ0n) is 22.7. The molecule has 1 fully saturated rings. The number of thiazole rings is 1. The molecule has 0 spiro atoms. The van der Waals surface area contributed by atoms with E-state index in [0.717, 1.165) is 30.0 Å². The topological polar surface area (TPSA) is 123 Å². The van der Waals surface area contributed by atoms with Crippen LogP contribution in [0.1, 0.15) is 53.1 Å². The Labute approximate surface area is 235 Å². The summed E-state index contributed by atoms with van der Waals surface area (Å²) in [5, 5.41) is 10.3. The molecule has 40 heavy (non-hydrogen) atoms. The van der Waals surface area contributed by atoms with E-state index in [-0.39, 0.29) is 17.4 Å². The summed E-state index contributed by atoms with van der Waals surface area (Å²) >= 11 is 1.42. The Balaban J connectivity index is 1.16. The average molecular weight is 562 g/mol. The van der Waals surface area contributed by atoms with Crippen LogP contribution in [0.5, 0.6) is 11.6 Å². The summed E-state index contributed by atoms with van der Waals surface area (Å²) in [7, 11) is 0. The second kappa shape index (κ2) is 10.5. The van der Waals surface area contributed by atoms with Crippen LogP contribution in [0.2, 0.25) is 0 Å². The summed E-state index contributed by atoms with van der Waals surface area (Å²) in [6, 6.07) is 3.52. The lowest BCUT2D eigenvalue weighted by Gasteiger charge is -2.31. The number of rotatable bonds is 7. The lowest BCUT2D eigenvalue weighted by Crippen LogP contribution is -2.43. The van der Waals surface area contributed by atoms with Crippen LogP contribution in [0.4, 0.5) is 5.69 Å². The van der Waals surface area contributed by atoms with Crippen LogP contribution in [0, 0.1) is 6.92 Å². The lowest BCUT2D eigenvalue weighted by molar-refractivity contribution is 0.0938. The molecule has 11 nitrogen and oxygen atoms in total. The quantitative estimate of drug-likeness (QED) is 0.350. The Morgan fingerprint density at radius 1 is 1.15 bits per heavy atom. The molecule has 0 unspecified atom stereocenters. The predicted molar refractivity (Wildman–Crippen MR) is 151 cm³/mol. The van der Waals surface area contributed by atoms with Gasteiger partial charge in [0.15, 0.2) is 5.75 Å². The van der Waals surface area contributed by atoms with Crippen molar-refractivity contribution in [3.05, 3.63) is 53.7 Å². The summed E-state index contributed by atoms with van der Waals surface area (Å²) in [4.78, 5) is 38.7. The molecular formula is C28H31N7O4S.